The van der Waals surface area contributed by atoms with Crippen molar-refractivity contribution in [3.63, 3.8) is 0 Å². The second kappa shape index (κ2) is 9.43. The molecule has 1 saturated heterocycles. The minimum absolute atomic E-state index is 0.0121. The van der Waals surface area contributed by atoms with Gasteiger partial charge in [-0.1, -0.05) is 6.07 Å². The Kier molecular flexibility index (Phi) is 6.69. The lowest BCUT2D eigenvalue weighted by Crippen LogP contribution is -2.54. The number of hydrogen-bond acceptors (Lipinski definition) is 8. The maximum absolute atomic E-state index is 13.2. The number of hydrogen-bond donors (Lipinski definition) is 1. The summed E-state index contributed by atoms with van der Waals surface area (Å²) in [5.41, 5.74) is -0.342. The molecule has 2 aromatic rings. The number of amides is 2. The first kappa shape index (κ1) is 22.7. The molecule has 1 fully saturated rings. The molecule has 0 aliphatic carbocycles. The summed E-state index contributed by atoms with van der Waals surface area (Å²) in [6.45, 7) is 2.24. The highest BCUT2D eigenvalue weighted by Crippen LogP contribution is 2.36. The number of ether oxygens (including phenoxy) is 3. The van der Waals surface area contributed by atoms with Crippen molar-refractivity contribution in [2.75, 3.05) is 25.7 Å². The SMILES string of the molecule is CCOc1cccc(N2C(=O)C(=Cc3cc(OC)c(OC)cc3[N+](=O)[O-])C(=O)NC2=S)c1. The maximum atomic E-state index is 13.2. The molecular weight excluding hydrogens is 438 g/mol. The van der Waals surface area contributed by atoms with Crippen molar-refractivity contribution in [2.24, 2.45) is 0 Å². The minimum atomic E-state index is -0.777. The molecule has 2 aromatic carbocycles. The lowest BCUT2D eigenvalue weighted by molar-refractivity contribution is -0.385. The molecule has 0 atom stereocenters. The molecule has 0 aromatic heterocycles. The van der Waals surface area contributed by atoms with Crippen LogP contribution in [0.3, 0.4) is 0 Å². The van der Waals surface area contributed by atoms with Gasteiger partial charge in [0, 0.05) is 6.07 Å². The number of methoxy groups -OCH3 is 2. The Morgan fingerprint density at radius 3 is 2.47 bits per heavy atom. The Bertz CT molecular complexity index is 1150. The van der Waals surface area contributed by atoms with Crippen LogP contribution >= 0.6 is 12.2 Å². The number of anilines is 1. The van der Waals surface area contributed by atoms with E-state index in [2.05, 4.69) is 5.32 Å². The fourth-order valence-corrected chi connectivity index (χ4v) is 3.37. The van der Waals surface area contributed by atoms with E-state index in [0.29, 0.717) is 18.0 Å². The Labute approximate surface area is 188 Å². The molecule has 1 N–H and O–H groups in total. The van der Waals surface area contributed by atoms with E-state index in [4.69, 9.17) is 26.4 Å². The summed E-state index contributed by atoms with van der Waals surface area (Å²) >= 11 is 5.19. The fraction of sp³-hybridized carbons (Fsp3) is 0.190. The maximum Gasteiger partial charge on any atom is 0.280 e. The van der Waals surface area contributed by atoms with Crippen molar-refractivity contribution < 1.29 is 28.7 Å². The summed E-state index contributed by atoms with van der Waals surface area (Å²) in [4.78, 5) is 37.8. The van der Waals surface area contributed by atoms with Crippen LogP contribution in [0, 0.1) is 10.1 Å². The molecule has 0 saturated carbocycles. The van der Waals surface area contributed by atoms with E-state index >= 15 is 0 Å². The standard InChI is InChI=1S/C21H19N3O7S/c1-4-31-14-7-5-6-13(10-14)23-20(26)15(19(25)22-21(23)32)8-12-9-17(29-2)18(30-3)11-16(12)24(27)28/h5-11H,4H2,1-3H3,(H,22,25,32). The lowest BCUT2D eigenvalue weighted by Gasteiger charge is -2.29. The van der Waals surface area contributed by atoms with E-state index in [1.165, 1.54) is 20.3 Å². The number of nitrogens with zero attached hydrogens (tertiary/aromatic N) is 2. The third-order valence-corrected chi connectivity index (χ3v) is 4.80. The summed E-state index contributed by atoms with van der Waals surface area (Å²) < 4.78 is 15.7. The number of benzene rings is 2. The lowest BCUT2D eigenvalue weighted by atomic mass is 10.0. The topological polar surface area (TPSA) is 120 Å². The summed E-state index contributed by atoms with van der Waals surface area (Å²) in [6.07, 6.45) is 1.12. The van der Waals surface area contributed by atoms with Crippen LogP contribution in [0.5, 0.6) is 17.2 Å². The molecule has 11 heteroatoms. The van der Waals surface area contributed by atoms with E-state index in [-0.39, 0.29) is 33.4 Å². The van der Waals surface area contributed by atoms with Crippen molar-refractivity contribution in [3.8, 4) is 17.2 Å². The molecule has 0 radical (unpaired) electrons. The zero-order chi connectivity index (χ0) is 23.4. The Hall–Kier alpha value is -3.99. The molecule has 166 valence electrons. The van der Waals surface area contributed by atoms with Gasteiger partial charge in [0.1, 0.15) is 11.3 Å². The van der Waals surface area contributed by atoms with Crippen LogP contribution in [0.1, 0.15) is 12.5 Å². The average Bonchev–Trinajstić information content (AvgIpc) is 2.76. The third-order valence-electron chi connectivity index (χ3n) is 4.52. The molecule has 1 heterocycles. The van der Waals surface area contributed by atoms with Crippen molar-refractivity contribution in [1.82, 2.24) is 5.32 Å². The number of nitro benzene ring substituents is 1. The van der Waals surface area contributed by atoms with Gasteiger partial charge in [0.2, 0.25) is 0 Å². The highest BCUT2D eigenvalue weighted by Gasteiger charge is 2.35. The van der Waals surface area contributed by atoms with Crippen LogP contribution in [0.15, 0.2) is 42.0 Å². The molecule has 3 rings (SSSR count). The molecule has 0 unspecified atom stereocenters. The fourth-order valence-electron chi connectivity index (χ4n) is 3.08. The normalized spacial score (nSPS) is 14.9. The van der Waals surface area contributed by atoms with Crippen LogP contribution in [-0.4, -0.2) is 42.7 Å². The number of nitrogens with one attached hydrogen (secondary N) is 1. The molecular formula is C21H19N3O7S. The van der Waals surface area contributed by atoms with Gasteiger partial charge < -0.3 is 14.2 Å². The second-order valence-electron chi connectivity index (χ2n) is 6.41. The molecule has 1 aliphatic rings. The number of nitro groups is 1. The van der Waals surface area contributed by atoms with E-state index < -0.39 is 16.7 Å². The zero-order valence-corrected chi connectivity index (χ0v) is 18.2. The molecule has 1 aliphatic heterocycles. The van der Waals surface area contributed by atoms with Crippen molar-refractivity contribution in [3.05, 3.63) is 57.6 Å². The second-order valence-corrected chi connectivity index (χ2v) is 6.80. The van der Waals surface area contributed by atoms with Crippen molar-refractivity contribution in [1.29, 1.82) is 0 Å². The van der Waals surface area contributed by atoms with E-state index in [1.807, 2.05) is 6.92 Å². The summed E-state index contributed by atoms with van der Waals surface area (Å²) in [7, 11) is 2.71. The van der Waals surface area contributed by atoms with Gasteiger partial charge in [0.25, 0.3) is 17.5 Å². The smallest absolute Gasteiger partial charge is 0.280 e. The van der Waals surface area contributed by atoms with Gasteiger partial charge in [0.15, 0.2) is 16.6 Å². The van der Waals surface area contributed by atoms with Crippen molar-refractivity contribution >= 4 is 46.6 Å². The first-order chi connectivity index (χ1) is 15.3. The van der Waals surface area contributed by atoms with Gasteiger partial charge in [-0.15, -0.1) is 0 Å². The molecule has 10 nitrogen and oxygen atoms in total. The minimum Gasteiger partial charge on any atom is -0.494 e. The monoisotopic (exact) mass is 457 g/mol. The highest BCUT2D eigenvalue weighted by atomic mass is 32.1. The van der Waals surface area contributed by atoms with Crippen LogP contribution in [0.25, 0.3) is 6.08 Å². The number of thiocarbonyl (C=S) groups is 1. The van der Waals surface area contributed by atoms with Gasteiger partial charge in [-0.2, -0.15) is 0 Å². The number of carbonyl (C=O) groups is 2. The van der Waals surface area contributed by atoms with Gasteiger partial charge in [-0.05, 0) is 43.4 Å². The van der Waals surface area contributed by atoms with Gasteiger partial charge in [-0.25, -0.2) is 0 Å². The van der Waals surface area contributed by atoms with Crippen LogP contribution < -0.4 is 24.4 Å². The highest BCUT2D eigenvalue weighted by molar-refractivity contribution is 7.80. The Morgan fingerprint density at radius 1 is 1.16 bits per heavy atom. The number of carbonyl (C=O) groups excluding carboxylic acids is 2. The Balaban J connectivity index is 2.10. The summed E-state index contributed by atoms with van der Waals surface area (Å²) in [5.74, 6) is -0.668. The quantitative estimate of drug-likeness (QED) is 0.222. The predicted octanol–water partition coefficient (Wildman–Crippen LogP) is 2.84. The predicted molar refractivity (Wildman–Crippen MR) is 120 cm³/mol. The van der Waals surface area contributed by atoms with Crippen molar-refractivity contribution in [2.45, 2.75) is 6.92 Å². The summed E-state index contributed by atoms with van der Waals surface area (Å²) in [6, 6.07) is 9.09. The summed E-state index contributed by atoms with van der Waals surface area (Å²) in [5, 5.41) is 13.9. The molecule has 2 amide bonds. The van der Waals surface area contributed by atoms with E-state index in [0.717, 1.165) is 17.0 Å². The van der Waals surface area contributed by atoms with Crippen LogP contribution in [-0.2, 0) is 9.59 Å². The third kappa shape index (κ3) is 4.37. The zero-order valence-electron chi connectivity index (χ0n) is 17.4. The molecule has 32 heavy (non-hydrogen) atoms. The Morgan fingerprint density at radius 2 is 1.84 bits per heavy atom. The van der Waals surface area contributed by atoms with Crippen LogP contribution in [0.2, 0.25) is 0 Å². The van der Waals surface area contributed by atoms with Crippen LogP contribution in [0.4, 0.5) is 11.4 Å². The first-order valence-electron chi connectivity index (χ1n) is 9.35. The first-order valence-corrected chi connectivity index (χ1v) is 9.76. The van der Waals surface area contributed by atoms with E-state index in [1.54, 1.807) is 24.3 Å². The number of rotatable bonds is 7. The van der Waals surface area contributed by atoms with Gasteiger partial charge in [-0.3, -0.25) is 29.9 Å². The largest absolute Gasteiger partial charge is 0.494 e. The van der Waals surface area contributed by atoms with E-state index in [9.17, 15) is 19.7 Å². The molecule has 0 bridgehead atoms. The molecule has 0 spiro atoms. The van der Waals surface area contributed by atoms with Gasteiger partial charge in [0.05, 0.1) is 43.1 Å². The van der Waals surface area contributed by atoms with Gasteiger partial charge >= 0.3 is 0 Å². The average molecular weight is 457 g/mol.